The van der Waals surface area contributed by atoms with Crippen molar-refractivity contribution in [3.8, 4) is 33.3 Å². The molecule has 0 radical (unpaired) electrons. The second-order valence-corrected chi connectivity index (χ2v) is 23.0. The topological polar surface area (TPSA) is 275 Å². The molecule has 5 atom stereocenters. The van der Waals surface area contributed by atoms with E-state index in [0.717, 1.165) is 46.5 Å². The summed E-state index contributed by atoms with van der Waals surface area (Å²) in [5.74, 6) is -3.00. The van der Waals surface area contributed by atoms with Gasteiger partial charge in [0.1, 0.15) is 23.6 Å². The number of aromatic nitrogens is 2. The third kappa shape index (κ3) is 14.4. The number of ether oxygens (including phenoxy) is 1. The van der Waals surface area contributed by atoms with E-state index in [4.69, 9.17) is 9.26 Å². The average molecular weight is 1120 g/mol. The first-order valence-corrected chi connectivity index (χ1v) is 27.9. The van der Waals surface area contributed by atoms with Gasteiger partial charge in [-0.15, -0.1) is 11.3 Å². The highest BCUT2D eigenvalue weighted by Crippen LogP contribution is 2.41. The zero-order valence-corrected chi connectivity index (χ0v) is 46.7. The van der Waals surface area contributed by atoms with Crippen LogP contribution in [0, 0.1) is 12.3 Å². The van der Waals surface area contributed by atoms with Crippen LogP contribution in [-0.4, -0.2) is 136 Å². The lowest BCUT2D eigenvalue weighted by Gasteiger charge is -2.36. The van der Waals surface area contributed by atoms with Crippen LogP contribution in [-0.2, 0) is 30.4 Å². The molecule has 7 N–H and O–H groups in total. The molecule has 2 fully saturated rings. The van der Waals surface area contributed by atoms with Crippen LogP contribution in [0.25, 0.3) is 21.8 Å². The summed E-state index contributed by atoms with van der Waals surface area (Å²) in [6, 6.07) is 15.5. The molecule has 80 heavy (non-hydrogen) atoms. The zero-order chi connectivity index (χ0) is 57.5. The number of halogens is 1. The van der Waals surface area contributed by atoms with E-state index in [1.54, 1.807) is 52.5 Å². The molecule has 1 saturated heterocycles. The fraction of sp³-hybridized carbons (Fsp3) is 0.466. The van der Waals surface area contributed by atoms with E-state index in [-0.39, 0.29) is 85.4 Å². The first-order chi connectivity index (χ1) is 38.1. The number of fused-ring (bicyclic) bond motifs is 1. The Morgan fingerprint density at radius 3 is 2.26 bits per heavy atom. The highest BCUT2D eigenvalue weighted by Gasteiger charge is 2.53. The summed E-state index contributed by atoms with van der Waals surface area (Å²) in [6.07, 6.45) is 3.20. The van der Waals surface area contributed by atoms with Gasteiger partial charge in [-0.2, -0.15) is 0 Å². The van der Waals surface area contributed by atoms with E-state index in [9.17, 15) is 48.2 Å². The molecule has 3 aromatic carbocycles. The quantitative estimate of drug-likeness (QED) is 0.0370. The Labute approximate surface area is 467 Å². The fourth-order valence-electron chi connectivity index (χ4n) is 9.88. The van der Waals surface area contributed by atoms with Gasteiger partial charge in [0.25, 0.3) is 23.6 Å². The summed E-state index contributed by atoms with van der Waals surface area (Å²) in [7, 11) is 3.16. The maximum atomic E-state index is 14.8. The molecule has 3 aliphatic rings. The molecular weight excluding hydrogens is 1050 g/mol. The van der Waals surface area contributed by atoms with E-state index < -0.39 is 58.9 Å². The molecule has 2 aliphatic carbocycles. The summed E-state index contributed by atoms with van der Waals surface area (Å²) >= 11 is 1.50. The predicted octanol–water partition coefficient (Wildman–Crippen LogP) is 6.01. The summed E-state index contributed by atoms with van der Waals surface area (Å²) < 4.78 is 26.0. The molecule has 22 heteroatoms. The number of nitrogens with one attached hydrogen (secondary N) is 5. The van der Waals surface area contributed by atoms with Crippen molar-refractivity contribution in [1.29, 1.82) is 0 Å². The van der Waals surface area contributed by atoms with E-state index in [1.807, 2.05) is 43.3 Å². The van der Waals surface area contributed by atoms with E-state index in [0.29, 0.717) is 49.2 Å². The standard InChI is InChI=1S/C58H70FN9O11S/c1-33-50(80-32-62-33)36-13-11-35(12-14-36)43(64-53(74)45-26-38(69)30-68(45)55(76)51(57(2,3)4)65-56(77)58(59)21-22-58)29-48(71)60-23-9-7-8-10-24-61-49(72)31-78-39-18-15-34-17-20-42(41(34)27-39)63-52(73)44-28-47(79-66-44)37-16-19-40(46(70)25-37)54(75)67(5)6/h11-16,18-19,25,27-28,32,38,42-43,45,51,69-70H,7-10,17,20-24,26,29-31H2,1-6H3,(H,60,71)(H,61,72)(H,63,73)(H,64,74)(H,65,77)/t38-,42-,43?,45+,51?/m1/s1. The first-order valence-electron chi connectivity index (χ1n) is 27.0. The Morgan fingerprint density at radius 2 is 1.61 bits per heavy atom. The Morgan fingerprint density at radius 1 is 0.912 bits per heavy atom. The molecule has 1 saturated carbocycles. The largest absolute Gasteiger partial charge is 0.507 e. The highest BCUT2D eigenvalue weighted by atomic mass is 32.1. The minimum atomic E-state index is -2.02. The zero-order valence-electron chi connectivity index (χ0n) is 45.9. The number of aryl methyl sites for hydroxylation is 2. The van der Waals surface area contributed by atoms with Gasteiger partial charge in [-0.05, 0) is 97.4 Å². The molecule has 2 unspecified atom stereocenters. The number of carbonyl (C=O) groups excluding carboxylic acids is 7. The van der Waals surface area contributed by atoms with Crippen LogP contribution in [0.1, 0.15) is 134 Å². The first kappa shape index (κ1) is 58.4. The summed E-state index contributed by atoms with van der Waals surface area (Å²) in [5.41, 5.74) is 3.85. The minimum absolute atomic E-state index is 0.0423. The van der Waals surface area contributed by atoms with Gasteiger partial charge in [-0.1, -0.05) is 75.2 Å². The van der Waals surface area contributed by atoms with Crippen molar-refractivity contribution in [2.45, 2.75) is 128 Å². The summed E-state index contributed by atoms with van der Waals surface area (Å²) in [6.45, 7) is 7.53. The molecule has 8 rings (SSSR count). The van der Waals surface area contributed by atoms with Crippen molar-refractivity contribution in [2.24, 2.45) is 5.41 Å². The van der Waals surface area contributed by atoms with Gasteiger partial charge in [0.05, 0.1) is 46.3 Å². The van der Waals surface area contributed by atoms with E-state index in [2.05, 4.69) is 36.7 Å². The summed E-state index contributed by atoms with van der Waals surface area (Å²) in [5, 5.41) is 39.6. The van der Waals surface area contributed by atoms with Crippen LogP contribution in [0.5, 0.6) is 11.5 Å². The number of hydrogen-bond acceptors (Lipinski definition) is 14. The van der Waals surface area contributed by atoms with E-state index in [1.165, 1.54) is 39.3 Å². The van der Waals surface area contributed by atoms with Crippen molar-refractivity contribution < 1.29 is 57.4 Å². The third-order valence-corrected chi connectivity index (χ3v) is 15.6. The maximum Gasteiger partial charge on any atom is 0.273 e. The molecule has 0 bridgehead atoms. The van der Waals surface area contributed by atoms with Crippen LogP contribution >= 0.6 is 11.3 Å². The van der Waals surface area contributed by atoms with Gasteiger partial charge in [-0.3, -0.25) is 33.6 Å². The second-order valence-electron chi connectivity index (χ2n) is 22.1. The Hall–Kier alpha value is -7.72. The minimum Gasteiger partial charge on any atom is -0.507 e. The SMILES string of the molecule is Cc1ncsc1-c1ccc(C(CC(=O)NCCCCCCNC(=O)COc2ccc3c(c2)[C@H](NC(=O)c2cc(-c4ccc(C(=O)N(C)C)c(O)c4)on2)CC3)NC(=O)[C@@H]2C[C@@H](O)CN2C(=O)C(NC(=O)C2(F)CC2)C(C)(C)C)cc1. The van der Waals surface area contributed by atoms with Crippen molar-refractivity contribution in [3.05, 3.63) is 106 Å². The number of nitrogens with zero attached hydrogens (tertiary/aromatic N) is 4. The van der Waals surface area contributed by atoms with Crippen LogP contribution < -0.4 is 31.3 Å². The molecule has 5 aromatic rings. The predicted molar refractivity (Wildman–Crippen MR) is 295 cm³/mol. The number of benzene rings is 3. The highest BCUT2D eigenvalue weighted by molar-refractivity contribution is 7.13. The number of phenolic OH excluding ortho intramolecular Hbond substituents is 1. The molecule has 20 nitrogen and oxygen atoms in total. The number of hydrogen-bond donors (Lipinski definition) is 7. The number of phenols is 1. The van der Waals surface area contributed by atoms with Gasteiger partial charge in [0, 0.05) is 51.8 Å². The van der Waals surface area contributed by atoms with E-state index >= 15 is 0 Å². The molecule has 3 heterocycles. The third-order valence-electron chi connectivity index (χ3n) is 14.7. The van der Waals surface area contributed by atoms with Gasteiger partial charge in [-0.25, -0.2) is 9.37 Å². The molecule has 1 aliphatic heterocycles. The molecular formula is C58H70FN9O11S. The Kier molecular flexibility index (Phi) is 18.4. The number of β-amino-alcohol motifs (C(OH)–C–C–N with tert-alkyl or cyclic N) is 1. The van der Waals surface area contributed by atoms with Gasteiger partial charge in [0.2, 0.25) is 17.7 Å². The normalized spacial score (nSPS) is 17.9. The molecule has 0 spiro atoms. The summed E-state index contributed by atoms with van der Waals surface area (Å²) in [4.78, 5) is 101. The lowest BCUT2D eigenvalue weighted by atomic mass is 9.85. The van der Waals surface area contributed by atoms with Gasteiger partial charge < -0.3 is 55.9 Å². The number of likely N-dealkylation sites (tertiary alicyclic amines) is 1. The number of carbonyl (C=O) groups is 7. The Bertz CT molecular complexity index is 3100. The molecule has 7 amide bonds. The number of aliphatic hydroxyl groups excluding tert-OH is 1. The number of alkyl halides is 1. The second kappa shape index (κ2) is 25.2. The number of aliphatic hydroxyl groups is 1. The van der Waals surface area contributed by atoms with Crippen LogP contribution in [0.4, 0.5) is 4.39 Å². The van der Waals surface area contributed by atoms with Gasteiger partial charge in [0.15, 0.2) is 23.7 Å². The smallest absolute Gasteiger partial charge is 0.273 e. The monoisotopic (exact) mass is 1120 g/mol. The van der Waals surface area contributed by atoms with Crippen molar-refractivity contribution in [1.82, 2.24) is 46.5 Å². The van der Waals surface area contributed by atoms with Crippen molar-refractivity contribution >= 4 is 52.7 Å². The number of amides is 7. The number of rotatable bonds is 23. The molecule has 2 aromatic heterocycles. The average Bonchev–Trinajstić information content (AvgIpc) is 3.89. The number of thiazole rings is 1. The number of aromatic hydroxyl groups is 1. The van der Waals surface area contributed by atoms with Crippen molar-refractivity contribution in [2.75, 3.05) is 40.3 Å². The van der Waals surface area contributed by atoms with Gasteiger partial charge >= 0.3 is 0 Å². The van der Waals surface area contributed by atoms with Crippen molar-refractivity contribution in [3.63, 3.8) is 0 Å². The van der Waals surface area contributed by atoms with Crippen LogP contribution in [0.2, 0.25) is 0 Å². The maximum absolute atomic E-state index is 14.8. The lowest BCUT2D eigenvalue weighted by molar-refractivity contribution is -0.145. The molecule has 426 valence electrons. The van der Waals surface area contributed by atoms with Crippen LogP contribution in [0.15, 0.2) is 76.8 Å². The van der Waals surface area contributed by atoms with Crippen LogP contribution in [0.3, 0.4) is 0 Å². The lowest BCUT2D eigenvalue weighted by Crippen LogP contribution is -2.59. The fourth-order valence-corrected chi connectivity index (χ4v) is 10.7. The Balaban J connectivity index is 0.769. The number of unbranched alkanes of at least 4 members (excludes halogenated alkanes) is 3.